The number of thiazole rings is 1. The largest absolute Gasteiger partial charge is 0.465 e. The predicted octanol–water partition coefficient (Wildman–Crippen LogP) is 4.19. The number of nitrogens with zero attached hydrogens (tertiary/aromatic N) is 2. The molecule has 2 heterocycles. The summed E-state index contributed by atoms with van der Waals surface area (Å²) in [4.78, 5) is 30.9. The fourth-order valence-electron chi connectivity index (χ4n) is 2.85. The zero-order chi connectivity index (χ0) is 19.7. The fraction of sp³-hybridized carbons (Fsp3) is 0.350. The van der Waals surface area contributed by atoms with Crippen LogP contribution in [0.1, 0.15) is 45.4 Å². The van der Waals surface area contributed by atoms with E-state index in [-0.39, 0.29) is 18.6 Å². The Labute approximate surface area is 161 Å². The number of ether oxygens (including phenoxy) is 1. The van der Waals surface area contributed by atoms with Crippen molar-refractivity contribution in [3.63, 3.8) is 0 Å². The summed E-state index contributed by atoms with van der Waals surface area (Å²) in [7, 11) is 1.69. The van der Waals surface area contributed by atoms with Crippen molar-refractivity contribution in [2.45, 2.75) is 33.7 Å². The molecule has 3 rings (SSSR count). The molecular weight excluding hydrogens is 364 g/mol. The van der Waals surface area contributed by atoms with Crippen LogP contribution >= 0.6 is 11.3 Å². The normalized spacial score (nSPS) is 12.2. The number of hydrogen-bond acceptors (Lipinski definition) is 6. The van der Waals surface area contributed by atoms with Gasteiger partial charge in [-0.2, -0.15) is 0 Å². The summed E-state index contributed by atoms with van der Waals surface area (Å²) in [5.41, 5.74) is 2.04. The minimum absolute atomic E-state index is 0.215. The highest BCUT2D eigenvalue weighted by Crippen LogP contribution is 2.29. The number of furan rings is 1. The molecule has 142 valence electrons. The van der Waals surface area contributed by atoms with Crippen molar-refractivity contribution in [3.05, 3.63) is 51.9 Å². The summed E-state index contributed by atoms with van der Waals surface area (Å²) in [6, 6.07) is 7.64. The number of esters is 1. The standard InChI is InChI=1S/C20H22N2O4S/c1-11-13(3)26-14(4)18(11)20(24)25-10-17(23)22(5)12(2)19-21-15-8-6-7-9-16(15)27-19/h6-9,12H,10H2,1-5H3/t12-/m1/s1. The van der Waals surface area contributed by atoms with Crippen LogP contribution in [0.5, 0.6) is 0 Å². The van der Waals surface area contributed by atoms with Crippen molar-refractivity contribution >= 4 is 33.4 Å². The lowest BCUT2D eigenvalue weighted by Crippen LogP contribution is -2.33. The number of likely N-dealkylation sites (N-methyl/N-ethyl adjacent to an activating group) is 1. The Morgan fingerprint density at radius 2 is 1.93 bits per heavy atom. The summed E-state index contributed by atoms with van der Waals surface area (Å²) in [5, 5.41) is 0.843. The van der Waals surface area contributed by atoms with E-state index in [0.29, 0.717) is 17.1 Å². The molecule has 6 nitrogen and oxygen atoms in total. The van der Waals surface area contributed by atoms with E-state index < -0.39 is 5.97 Å². The zero-order valence-corrected chi connectivity index (χ0v) is 16.8. The van der Waals surface area contributed by atoms with Gasteiger partial charge < -0.3 is 14.1 Å². The van der Waals surface area contributed by atoms with E-state index in [0.717, 1.165) is 20.8 Å². The van der Waals surface area contributed by atoms with Crippen molar-refractivity contribution < 1.29 is 18.7 Å². The van der Waals surface area contributed by atoms with Gasteiger partial charge in [0.2, 0.25) is 0 Å². The second-order valence-electron chi connectivity index (χ2n) is 6.49. The lowest BCUT2D eigenvalue weighted by molar-refractivity contribution is -0.135. The van der Waals surface area contributed by atoms with Crippen molar-refractivity contribution in [2.24, 2.45) is 0 Å². The number of aryl methyl sites for hydroxylation is 2. The van der Waals surface area contributed by atoms with Gasteiger partial charge >= 0.3 is 5.97 Å². The molecule has 1 aromatic carbocycles. The van der Waals surface area contributed by atoms with Crippen LogP contribution in [0.25, 0.3) is 10.2 Å². The molecule has 3 aromatic rings. The number of carbonyl (C=O) groups excluding carboxylic acids is 2. The molecule has 0 aliphatic carbocycles. The molecule has 27 heavy (non-hydrogen) atoms. The molecule has 0 fully saturated rings. The molecular formula is C20H22N2O4S. The Morgan fingerprint density at radius 3 is 2.56 bits per heavy atom. The van der Waals surface area contributed by atoms with Crippen molar-refractivity contribution in [3.8, 4) is 0 Å². The van der Waals surface area contributed by atoms with Gasteiger partial charge in [-0.3, -0.25) is 4.79 Å². The first-order chi connectivity index (χ1) is 12.8. The van der Waals surface area contributed by atoms with Crippen LogP contribution < -0.4 is 0 Å². The number of carbonyl (C=O) groups is 2. The Hall–Kier alpha value is -2.67. The van der Waals surface area contributed by atoms with Gasteiger partial charge in [0.25, 0.3) is 5.91 Å². The fourth-order valence-corrected chi connectivity index (χ4v) is 3.91. The first-order valence-corrected chi connectivity index (χ1v) is 9.46. The Kier molecular flexibility index (Phi) is 5.32. The van der Waals surface area contributed by atoms with E-state index in [9.17, 15) is 9.59 Å². The van der Waals surface area contributed by atoms with Gasteiger partial charge in [0.1, 0.15) is 22.1 Å². The van der Waals surface area contributed by atoms with Gasteiger partial charge in [-0.1, -0.05) is 12.1 Å². The molecule has 0 aliphatic heterocycles. The molecule has 1 atom stereocenters. The van der Waals surface area contributed by atoms with Gasteiger partial charge in [0.15, 0.2) is 6.61 Å². The highest BCUT2D eigenvalue weighted by Gasteiger charge is 2.24. The summed E-state index contributed by atoms with van der Waals surface area (Å²) in [6.07, 6.45) is 0. The molecule has 0 radical (unpaired) electrons. The second-order valence-corrected chi connectivity index (χ2v) is 7.55. The average molecular weight is 386 g/mol. The molecule has 0 N–H and O–H groups in total. The number of amides is 1. The van der Waals surface area contributed by atoms with Crippen LogP contribution in [0.15, 0.2) is 28.7 Å². The third-order valence-corrected chi connectivity index (χ3v) is 5.94. The highest BCUT2D eigenvalue weighted by molar-refractivity contribution is 7.18. The summed E-state index contributed by atoms with van der Waals surface area (Å²) < 4.78 is 11.7. The summed E-state index contributed by atoms with van der Waals surface area (Å²) in [6.45, 7) is 6.88. The van der Waals surface area contributed by atoms with Crippen LogP contribution in [-0.2, 0) is 9.53 Å². The monoisotopic (exact) mass is 386 g/mol. The lowest BCUT2D eigenvalue weighted by atomic mass is 10.1. The first kappa shape index (κ1) is 19.1. The molecule has 0 bridgehead atoms. The van der Waals surface area contributed by atoms with Crippen LogP contribution in [0, 0.1) is 20.8 Å². The van der Waals surface area contributed by atoms with E-state index in [1.165, 1.54) is 0 Å². The van der Waals surface area contributed by atoms with E-state index in [2.05, 4.69) is 4.98 Å². The minimum atomic E-state index is -0.545. The third-order valence-electron chi connectivity index (χ3n) is 4.73. The van der Waals surface area contributed by atoms with Gasteiger partial charge in [-0.25, -0.2) is 9.78 Å². The zero-order valence-electron chi connectivity index (χ0n) is 16.0. The number of benzene rings is 1. The number of hydrogen-bond donors (Lipinski definition) is 0. The summed E-state index contributed by atoms with van der Waals surface area (Å²) in [5.74, 6) is 0.341. The van der Waals surface area contributed by atoms with E-state index in [1.807, 2.05) is 31.2 Å². The quantitative estimate of drug-likeness (QED) is 0.615. The molecule has 1 amide bonds. The van der Waals surface area contributed by atoms with E-state index >= 15 is 0 Å². The highest BCUT2D eigenvalue weighted by atomic mass is 32.1. The van der Waals surface area contributed by atoms with Crippen LogP contribution in [0.2, 0.25) is 0 Å². The smallest absolute Gasteiger partial charge is 0.342 e. The van der Waals surface area contributed by atoms with Crippen molar-refractivity contribution in [2.75, 3.05) is 13.7 Å². The van der Waals surface area contributed by atoms with E-state index in [4.69, 9.17) is 9.15 Å². The number of rotatable bonds is 5. The Bertz CT molecular complexity index is 972. The number of para-hydroxylation sites is 1. The van der Waals surface area contributed by atoms with Crippen LogP contribution in [0.3, 0.4) is 0 Å². The SMILES string of the molecule is Cc1oc(C)c(C(=O)OCC(=O)N(C)[C@H](C)c2nc3ccccc3s2)c1C. The molecule has 0 unspecified atom stereocenters. The van der Waals surface area contributed by atoms with Gasteiger partial charge in [-0.05, 0) is 39.8 Å². The minimum Gasteiger partial charge on any atom is -0.465 e. The average Bonchev–Trinajstić information content (AvgIpc) is 3.19. The maximum atomic E-state index is 12.5. The second kappa shape index (κ2) is 7.52. The lowest BCUT2D eigenvalue weighted by Gasteiger charge is -2.23. The van der Waals surface area contributed by atoms with Crippen molar-refractivity contribution in [1.29, 1.82) is 0 Å². The Morgan fingerprint density at radius 1 is 1.22 bits per heavy atom. The molecule has 2 aromatic heterocycles. The topological polar surface area (TPSA) is 72.6 Å². The maximum Gasteiger partial charge on any atom is 0.342 e. The van der Waals surface area contributed by atoms with E-state index in [1.54, 1.807) is 44.1 Å². The molecule has 7 heteroatoms. The summed E-state index contributed by atoms with van der Waals surface area (Å²) >= 11 is 1.55. The first-order valence-electron chi connectivity index (χ1n) is 8.64. The molecule has 0 saturated carbocycles. The Balaban J connectivity index is 1.65. The number of fused-ring (bicyclic) bond motifs is 1. The predicted molar refractivity (Wildman–Crippen MR) is 104 cm³/mol. The number of aromatic nitrogens is 1. The molecule has 0 spiro atoms. The van der Waals surface area contributed by atoms with Gasteiger partial charge in [-0.15, -0.1) is 11.3 Å². The van der Waals surface area contributed by atoms with Crippen LogP contribution in [0.4, 0.5) is 0 Å². The van der Waals surface area contributed by atoms with Crippen LogP contribution in [-0.4, -0.2) is 35.4 Å². The molecule has 0 saturated heterocycles. The molecule has 0 aliphatic rings. The van der Waals surface area contributed by atoms with Crippen molar-refractivity contribution in [1.82, 2.24) is 9.88 Å². The maximum absolute atomic E-state index is 12.5. The van der Waals surface area contributed by atoms with Gasteiger partial charge in [0, 0.05) is 12.6 Å². The van der Waals surface area contributed by atoms with Gasteiger partial charge in [0.05, 0.1) is 16.3 Å². The third kappa shape index (κ3) is 3.73.